The van der Waals surface area contributed by atoms with Crippen molar-refractivity contribution in [2.75, 3.05) is 0 Å². The van der Waals surface area contributed by atoms with E-state index in [-0.39, 0.29) is 0 Å². The fourth-order valence-electron chi connectivity index (χ4n) is 0.362. The molecular weight excluding hydrogens is 108 g/mol. The molecule has 0 aliphatic carbocycles. The minimum absolute atomic E-state index is 0.550. The Labute approximate surface area is 45.8 Å². The Morgan fingerprint density at radius 3 is 1.25 bits per heavy atom. The second kappa shape index (κ2) is 1.65. The van der Waals surface area contributed by atoms with Gasteiger partial charge in [0.2, 0.25) is 24.8 Å². The lowest BCUT2D eigenvalue weighted by molar-refractivity contribution is -0.665. The van der Waals surface area contributed by atoms with Gasteiger partial charge in [-0.25, -0.2) is 0 Å². The average molecular weight is 112 g/mol. The molecule has 0 N–H and O–H groups in total. The smallest absolute Gasteiger partial charge is 0.245 e. The van der Waals surface area contributed by atoms with Crippen molar-refractivity contribution in [2.24, 2.45) is 0 Å². The molecule has 0 aliphatic rings. The van der Waals surface area contributed by atoms with Crippen LogP contribution in [0.2, 0.25) is 0 Å². The standard InChI is InChI=1S/C4H4N2O2/c7-5-1-2-6(8)4-3-5/h1-4H. The summed E-state index contributed by atoms with van der Waals surface area (Å²) in [4.78, 5) is 0. The summed E-state index contributed by atoms with van der Waals surface area (Å²) in [6.45, 7) is 0. The van der Waals surface area contributed by atoms with Gasteiger partial charge in [-0.05, 0) is 0 Å². The predicted molar refractivity (Wildman–Crippen MR) is 24.4 cm³/mol. The van der Waals surface area contributed by atoms with E-state index in [1.807, 2.05) is 0 Å². The molecule has 4 heteroatoms. The largest absolute Gasteiger partial charge is 0.618 e. The normalized spacial score (nSPS) is 9.00. The third-order valence-corrected chi connectivity index (χ3v) is 0.721. The molecule has 0 amide bonds. The van der Waals surface area contributed by atoms with Crippen LogP contribution < -0.4 is 9.46 Å². The fourth-order valence-corrected chi connectivity index (χ4v) is 0.362. The molecule has 0 spiro atoms. The Bertz CT molecular complexity index is 151. The molecule has 0 bridgehead atoms. The van der Waals surface area contributed by atoms with E-state index in [0.717, 1.165) is 24.8 Å². The topological polar surface area (TPSA) is 53.9 Å². The summed E-state index contributed by atoms with van der Waals surface area (Å²) in [6, 6.07) is 0. The molecule has 1 heterocycles. The molecule has 0 aliphatic heterocycles. The summed E-state index contributed by atoms with van der Waals surface area (Å²) in [6.07, 6.45) is 4.53. The van der Waals surface area contributed by atoms with Crippen LogP contribution in [-0.2, 0) is 0 Å². The van der Waals surface area contributed by atoms with E-state index in [9.17, 15) is 10.4 Å². The van der Waals surface area contributed by atoms with Gasteiger partial charge in [0.15, 0.2) is 0 Å². The van der Waals surface area contributed by atoms with Gasteiger partial charge in [-0.2, -0.15) is 9.46 Å². The molecule has 1 aromatic heterocycles. The van der Waals surface area contributed by atoms with Gasteiger partial charge in [0.1, 0.15) is 0 Å². The SMILES string of the molecule is [O-][n+]1cc[n+]([O-])cc1. The Morgan fingerprint density at radius 2 is 1.00 bits per heavy atom. The highest BCUT2D eigenvalue weighted by atomic mass is 16.5. The van der Waals surface area contributed by atoms with Crippen molar-refractivity contribution in [3.05, 3.63) is 35.2 Å². The zero-order chi connectivity index (χ0) is 5.98. The molecule has 42 valence electrons. The molecule has 1 rings (SSSR count). The third-order valence-electron chi connectivity index (χ3n) is 0.721. The Balaban J connectivity index is 3.03. The van der Waals surface area contributed by atoms with Crippen molar-refractivity contribution in [1.82, 2.24) is 0 Å². The number of rotatable bonds is 0. The maximum Gasteiger partial charge on any atom is 0.245 e. The Morgan fingerprint density at radius 1 is 0.750 bits per heavy atom. The van der Waals surface area contributed by atoms with Crippen LogP contribution in [0.15, 0.2) is 24.8 Å². The van der Waals surface area contributed by atoms with Crippen LogP contribution in [-0.4, -0.2) is 0 Å². The van der Waals surface area contributed by atoms with Gasteiger partial charge >= 0.3 is 0 Å². The van der Waals surface area contributed by atoms with Crippen LogP contribution in [0.4, 0.5) is 0 Å². The molecule has 1 aromatic rings. The average Bonchev–Trinajstić information content (AvgIpc) is 1.77. The molecule has 0 saturated heterocycles. The van der Waals surface area contributed by atoms with E-state index in [0.29, 0.717) is 9.46 Å². The van der Waals surface area contributed by atoms with E-state index in [4.69, 9.17) is 0 Å². The third kappa shape index (κ3) is 0.841. The van der Waals surface area contributed by atoms with E-state index in [1.54, 1.807) is 0 Å². The van der Waals surface area contributed by atoms with Crippen molar-refractivity contribution in [1.29, 1.82) is 0 Å². The quantitative estimate of drug-likeness (QED) is 0.317. The van der Waals surface area contributed by atoms with Gasteiger partial charge < -0.3 is 10.4 Å². The molecule has 4 nitrogen and oxygen atoms in total. The van der Waals surface area contributed by atoms with Crippen molar-refractivity contribution in [3.63, 3.8) is 0 Å². The molecule has 0 unspecified atom stereocenters. The lowest BCUT2D eigenvalue weighted by atomic mass is 10.8. The predicted octanol–water partition coefficient (Wildman–Crippen LogP) is -1.05. The zero-order valence-corrected chi connectivity index (χ0v) is 4.02. The summed E-state index contributed by atoms with van der Waals surface area (Å²) >= 11 is 0. The molecule has 8 heavy (non-hydrogen) atoms. The highest BCUT2D eigenvalue weighted by Crippen LogP contribution is 1.62. The Kier molecular flexibility index (Phi) is 0.997. The number of hydrogen-bond donors (Lipinski definition) is 0. The van der Waals surface area contributed by atoms with Gasteiger partial charge in [-0.1, -0.05) is 0 Å². The first-order valence-corrected chi connectivity index (χ1v) is 2.06. The first-order valence-electron chi connectivity index (χ1n) is 2.06. The van der Waals surface area contributed by atoms with Crippen LogP contribution in [0.25, 0.3) is 0 Å². The number of hydrogen-bond acceptors (Lipinski definition) is 2. The van der Waals surface area contributed by atoms with Crippen molar-refractivity contribution < 1.29 is 9.46 Å². The van der Waals surface area contributed by atoms with E-state index in [2.05, 4.69) is 0 Å². The molecule has 0 radical (unpaired) electrons. The van der Waals surface area contributed by atoms with Crippen LogP contribution in [0.5, 0.6) is 0 Å². The lowest BCUT2D eigenvalue weighted by Gasteiger charge is -1.92. The van der Waals surface area contributed by atoms with E-state index in [1.165, 1.54) is 0 Å². The molecule has 0 fully saturated rings. The van der Waals surface area contributed by atoms with Gasteiger partial charge in [0.25, 0.3) is 0 Å². The van der Waals surface area contributed by atoms with Crippen molar-refractivity contribution in [3.8, 4) is 0 Å². The van der Waals surface area contributed by atoms with Gasteiger partial charge in [-0.15, -0.1) is 0 Å². The van der Waals surface area contributed by atoms with Crippen molar-refractivity contribution in [2.45, 2.75) is 0 Å². The van der Waals surface area contributed by atoms with E-state index >= 15 is 0 Å². The number of aromatic nitrogens is 2. The highest BCUT2D eigenvalue weighted by molar-refractivity contribution is 4.53. The first-order chi connectivity index (χ1) is 3.79. The summed E-state index contributed by atoms with van der Waals surface area (Å²) in [5.74, 6) is 0. The Hall–Kier alpha value is -1.32. The summed E-state index contributed by atoms with van der Waals surface area (Å²) in [5.41, 5.74) is 0. The molecule has 0 aromatic carbocycles. The monoisotopic (exact) mass is 112 g/mol. The van der Waals surface area contributed by atoms with Crippen LogP contribution in [0.3, 0.4) is 0 Å². The fraction of sp³-hybridized carbons (Fsp3) is 0. The van der Waals surface area contributed by atoms with E-state index < -0.39 is 0 Å². The summed E-state index contributed by atoms with van der Waals surface area (Å²) in [5, 5.41) is 20.4. The summed E-state index contributed by atoms with van der Waals surface area (Å²) < 4.78 is 1.10. The van der Waals surface area contributed by atoms with Crippen molar-refractivity contribution >= 4 is 0 Å². The molecule has 0 atom stereocenters. The molecule has 0 saturated carbocycles. The highest BCUT2D eigenvalue weighted by Gasteiger charge is 1.88. The molecular formula is C4H4N2O2. The number of nitrogens with zero attached hydrogens (tertiary/aromatic N) is 2. The minimum atomic E-state index is 0.550. The lowest BCUT2D eigenvalue weighted by Crippen LogP contribution is -2.33. The summed E-state index contributed by atoms with van der Waals surface area (Å²) in [7, 11) is 0. The van der Waals surface area contributed by atoms with Gasteiger partial charge in [0.05, 0.1) is 0 Å². The second-order valence-corrected chi connectivity index (χ2v) is 1.32. The second-order valence-electron chi connectivity index (χ2n) is 1.32. The van der Waals surface area contributed by atoms with Gasteiger partial charge in [-0.3, -0.25) is 0 Å². The van der Waals surface area contributed by atoms with Gasteiger partial charge in [0, 0.05) is 0 Å². The first kappa shape index (κ1) is 4.83. The minimum Gasteiger partial charge on any atom is -0.618 e. The van der Waals surface area contributed by atoms with Crippen LogP contribution >= 0.6 is 0 Å². The van der Waals surface area contributed by atoms with Crippen LogP contribution in [0, 0.1) is 10.4 Å². The van der Waals surface area contributed by atoms with Crippen LogP contribution in [0.1, 0.15) is 0 Å². The maximum absolute atomic E-state index is 10.2. The zero-order valence-electron chi connectivity index (χ0n) is 4.02. The maximum atomic E-state index is 10.2.